The van der Waals surface area contributed by atoms with Gasteiger partial charge < -0.3 is 9.84 Å². The maximum atomic E-state index is 4.99. The van der Waals surface area contributed by atoms with Gasteiger partial charge in [-0.15, -0.1) is 0 Å². The Morgan fingerprint density at radius 3 is 2.81 bits per heavy atom. The third kappa shape index (κ3) is 2.87. The standard InChI is InChI=1S/C11H14N4O/c1-8-3-10(5-12-4-8)6-13-7-11-14-9(2)15-16-11/h3-5,13H,6-7H2,1-2H3. The molecule has 0 spiro atoms. The highest BCUT2D eigenvalue weighted by Gasteiger charge is 2.01. The van der Waals surface area contributed by atoms with Gasteiger partial charge in [0.1, 0.15) is 0 Å². The average molecular weight is 218 g/mol. The molecule has 84 valence electrons. The number of nitrogens with one attached hydrogen (secondary N) is 1. The van der Waals surface area contributed by atoms with Crippen LogP contribution in [0.2, 0.25) is 0 Å². The molecule has 0 fully saturated rings. The average Bonchev–Trinajstić information content (AvgIpc) is 2.64. The van der Waals surface area contributed by atoms with Crippen molar-refractivity contribution in [3.63, 3.8) is 0 Å². The fourth-order valence-corrected chi connectivity index (χ4v) is 1.44. The second kappa shape index (κ2) is 4.85. The summed E-state index contributed by atoms with van der Waals surface area (Å²) in [4.78, 5) is 8.23. The highest BCUT2D eigenvalue weighted by Crippen LogP contribution is 2.01. The molecule has 1 N–H and O–H groups in total. The molecule has 0 saturated carbocycles. The van der Waals surface area contributed by atoms with Gasteiger partial charge in [0.25, 0.3) is 0 Å². The maximum Gasteiger partial charge on any atom is 0.240 e. The number of aryl methyl sites for hydroxylation is 2. The Morgan fingerprint density at radius 2 is 2.12 bits per heavy atom. The highest BCUT2D eigenvalue weighted by molar-refractivity contribution is 5.16. The smallest absolute Gasteiger partial charge is 0.240 e. The molecular formula is C11H14N4O. The molecule has 0 unspecified atom stereocenters. The van der Waals surface area contributed by atoms with Crippen molar-refractivity contribution in [3.05, 3.63) is 41.3 Å². The monoisotopic (exact) mass is 218 g/mol. The van der Waals surface area contributed by atoms with E-state index >= 15 is 0 Å². The molecule has 16 heavy (non-hydrogen) atoms. The van der Waals surface area contributed by atoms with E-state index in [1.165, 1.54) is 0 Å². The van der Waals surface area contributed by atoms with E-state index in [1.54, 1.807) is 6.92 Å². The fraction of sp³-hybridized carbons (Fsp3) is 0.364. The molecule has 0 bridgehead atoms. The lowest BCUT2D eigenvalue weighted by molar-refractivity contribution is 0.364. The van der Waals surface area contributed by atoms with Crippen molar-refractivity contribution in [2.45, 2.75) is 26.9 Å². The summed E-state index contributed by atoms with van der Waals surface area (Å²) in [6.45, 7) is 5.15. The number of nitrogens with zero attached hydrogens (tertiary/aromatic N) is 3. The van der Waals surface area contributed by atoms with Gasteiger partial charge in [0, 0.05) is 18.9 Å². The zero-order valence-electron chi connectivity index (χ0n) is 9.40. The fourth-order valence-electron chi connectivity index (χ4n) is 1.44. The largest absolute Gasteiger partial charge is 0.338 e. The topological polar surface area (TPSA) is 63.8 Å². The number of hydrogen-bond acceptors (Lipinski definition) is 5. The van der Waals surface area contributed by atoms with Gasteiger partial charge in [0.05, 0.1) is 6.54 Å². The van der Waals surface area contributed by atoms with Crippen LogP contribution in [0.4, 0.5) is 0 Å². The van der Waals surface area contributed by atoms with E-state index in [-0.39, 0.29) is 0 Å². The van der Waals surface area contributed by atoms with Crippen LogP contribution in [0.3, 0.4) is 0 Å². The Kier molecular flexibility index (Phi) is 3.26. The lowest BCUT2D eigenvalue weighted by atomic mass is 10.2. The summed E-state index contributed by atoms with van der Waals surface area (Å²) in [6.07, 6.45) is 3.68. The SMILES string of the molecule is Cc1cncc(CNCc2nc(C)no2)c1. The van der Waals surface area contributed by atoms with E-state index in [4.69, 9.17) is 4.52 Å². The van der Waals surface area contributed by atoms with Crippen molar-refractivity contribution in [2.24, 2.45) is 0 Å². The lowest BCUT2D eigenvalue weighted by Gasteiger charge is -2.02. The Labute approximate surface area is 93.9 Å². The zero-order chi connectivity index (χ0) is 11.4. The maximum absolute atomic E-state index is 4.99. The normalized spacial score (nSPS) is 10.6. The second-order valence-corrected chi connectivity index (χ2v) is 3.71. The molecule has 2 aromatic heterocycles. The van der Waals surface area contributed by atoms with Crippen molar-refractivity contribution in [2.75, 3.05) is 0 Å². The first-order chi connectivity index (χ1) is 7.74. The molecule has 0 atom stereocenters. The van der Waals surface area contributed by atoms with E-state index in [1.807, 2.05) is 19.3 Å². The van der Waals surface area contributed by atoms with Gasteiger partial charge >= 0.3 is 0 Å². The molecule has 2 aromatic rings. The summed E-state index contributed by atoms with van der Waals surface area (Å²) < 4.78 is 4.99. The van der Waals surface area contributed by atoms with Gasteiger partial charge in [0.2, 0.25) is 5.89 Å². The molecule has 0 saturated heterocycles. The zero-order valence-corrected chi connectivity index (χ0v) is 9.40. The first kappa shape index (κ1) is 10.8. The number of aromatic nitrogens is 3. The molecule has 0 amide bonds. The summed E-state index contributed by atoms with van der Waals surface area (Å²) in [6, 6.07) is 2.10. The minimum Gasteiger partial charge on any atom is -0.338 e. The van der Waals surface area contributed by atoms with Crippen LogP contribution in [0.25, 0.3) is 0 Å². The van der Waals surface area contributed by atoms with Gasteiger partial charge in [-0.2, -0.15) is 4.98 Å². The molecule has 0 aliphatic rings. The van der Waals surface area contributed by atoms with Gasteiger partial charge in [-0.05, 0) is 25.0 Å². The Morgan fingerprint density at radius 1 is 1.25 bits per heavy atom. The Bertz CT molecular complexity index is 467. The van der Waals surface area contributed by atoms with Crippen LogP contribution in [-0.2, 0) is 13.1 Å². The van der Waals surface area contributed by atoms with E-state index < -0.39 is 0 Å². The predicted octanol–water partition coefficient (Wildman–Crippen LogP) is 1.37. The second-order valence-electron chi connectivity index (χ2n) is 3.71. The third-order valence-electron chi connectivity index (χ3n) is 2.11. The summed E-state index contributed by atoms with van der Waals surface area (Å²) in [5.41, 5.74) is 2.31. The lowest BCUT2D eigenvalue weighted by Crippen LogP contribution is -2.13. The van der Waals surface area contributed by atoms with Crippen molar-refractivity contribution in [3.8, 4) is 0 Å². The summed E-state index contributed by atoms with van der Waals surface area (Å²) >= 11 is 0. The molecule has 0 aliphatic carbocycles. The number of pyridine rings is 1. The van der Waals surface area contributed by atoms with Gasteiger partial charge in [-0.1, -0.05) is 11.2 Å². The Hall–Kier alpha value is -1.75. The van der Waals surface area contributed by atoms with Crippen molar-refractivity contribution < 1.29 is 4.52 Å². The minimum absolute atomic E-state index is 0.578. The van der Waals surface area contributed by atoms with Crippen LogP contribution in [0.15, 0.2) is 23.0 Å². The van der Waals surface area contributed by atoms with Crippen molar-refractivity contribution >= 4 is 0 Å². The van der Waals surface area contributed by atoms with Gasteiger partial charge in [-0.3, -0.25) is 4.98 Å². The van der Waals surface area contributed by atoms with E-state index in [2.05, 4.69) is 26.5 Å². The van der Waals surface area contributed by atoms with Crippen molar-refractivity contribution in [1.29, 1.82) is 0 Å². The van der Waals surface area contributed by atoms with Gasteiger partial charge in [-0.25, -0.2) is 0 Å². The summed E-state index contributed by atoms with van der Waals surface area (Å²) in [5, 5.41) is 6.94. The molecule has 0 aliphatic heterocycles. The molecule has 0 aromatic carbocycles. The number of hydrogen-bond donors (Lipinski definition) is 1. The van der Waals surface area contributed by atoms with Gasteiger partial charge in [0.15, 0.2) is 5.82 Å². The minimum atomic E-state index is 0.578. The molecule has 0 radical (unpaired) electrons. The van der Waals surface area contributed by atoms with Crippen LogP contribution in [0, 0.1) is 13.8 Å². The summed E-state index contributed by atoms with van der Waals surface area (Å²) in [5.74, 6) is 1.27. The first-order valence-electron chi connectivity index (χ1n) is 5.14. The van der Waals surface area contributed by atoms with Crippen molar-refractivity contribution in [1.82, 2.24) is 20.4 Å². The van der Waals surface area contributed by atoms with Crippen LogP contribution in [-0.4, -0.2) is 15.1 Å². The first-order valence-corrected chi connectivity index (χ1v) is 5.14. The van der Waals surface area contributed by atoms with E-state index in [0.29, 0.717) is 18.3 Å². The molecular weight excluding hydrogens is 204 g/mol. The number of rotatable bonds is 4. The predicted molar refractivity (Wildman–Crippen MR) is 58.6 cm³/mol. The molecule has 5 nitrogen and oxygen atoms in total. The van der Waals surface area contributed by atoms with Crippen LogP contribution >= 0.6 is 0 Å². The van der Waals surface area contributed by atoms with Crippen LogP contribution in [0.5, 0.6) is 0 Å². The summed E-state index contributed by atoms with van der Waals surface area (Å²) in [7, 11) is 0. The van der Waals surface area contributed by atoms with Crippen LogP contribution in [0.1, 0.15) is 22.8 Å². The Balaban J connectivity index is 1.84. The highest BCUT2D eigenvalue weighted by atomic mass is 16.5. The van der Waals surface area contributed by atoms with E-state index in [9.17, 15) is 0 Å². The third-order valence-corrected chi connectivity index (χ3v) is 2.11. The molecule has 2 rings (SSSR count). The van der Waals surface area contributed by atoms with Crippen LogP contribution < -0.4 is 5.32 Å². The quantitative estimate of drug-likeness (QED) is 0.839. The molecule has 2 heterocycles. The van der Waals surface area contributed by atoms with E-state index in [0.717, 1.165) is 17.7 Å². The molecule has 5 heteroatoms.